The number of ether oxygens (including phenoxy) is 3. The third-order valence-corrected chi connectivity index (χ3v) is 9.42. The zero-order valence-electron chi connectivity index (χ0n) is 35.8. The Morgan fingerprint density at radius 3 is 1.51 bits per heavy atom. The predicted molar refractivity (Wildman–Crippen MR) is 226 cm³/mol. The van der Waals surface area contributed by atoms with Crippen molar-refractivity contribution in [1.29, 1.82) is 0 Å². The third kappa shape index (κ3) is 36.4. The Morgan fingerprint density at radius 1 is 0.564 bits per heavy atom. The zero-order chi connectivity index (χ0) is 40.7. The number of carboxylic acid groups (broad SMARTS) is 1. The summed E-state index contributed by atoms with van der Waals surface area (Å²) in [5, 5.41) is 11.6. The molecular formula is C47H81NO7. The van der Waals surface area contributed by atoms with Crippen molar-refractivity contribution in [2.45, 2.75) is 180 Å². The predicted octanol–water partition coefficient (Wildman–Crippen LogP) is 10.5. The second-order valence-corrected chi connectivity index (χ2v) is 15.6. The maximum Gasteiger partial charge on any atom is 0.306 e. The number of carbonyl (C=O) groups excluding carboxylic acids is 3. The van der Waals surface area contributed by atoms with E-state index in [2.05, 4.69) is 74.6 Å². The Morgan fingerprint density at radius 2 is 1.02 bits per heavy atom. The van der Waals surface area contributed by atoms with Crippen LogP contribution in [0.5, 0.6) is 0 Å². The van der Waals surface area contributed by atoms with E-state index < -0.39 is 18.1 Å². The maximum atomic E-state index is 12.6. The molecule has 55 heavy (non-hydrogen) atoms. The summed E-state index contributed by atoms with van der Waals surface area (Å²) in [5.41, 5.74) is 0. The summed E-state index contributed by atoms with van der Waals surface area (Å²) >= 11 is 0. The monoisotopic (exact) mass is 772 g/mol. The smallest absolute Gasteiger partial charge is 0.306 e. The summed E-state index contributed by atoms with van der Waals surface area (Å²) in [6.07, 6.45) is 45.3. The van der Waals surface area contributed by atoms with Crippen LogP contribution in [0.2, 0.25) is 0 Å². The van der Waals surface area contributed by atoms with E-state index in [1.807, 2.05) is 0 Å². The van der Waals surface area contributed by atoms with Gasteiger partial charge in [-0.25, -0.2) is 0 Å². The molecule has 0 amide bonds. The van der Waals surface area contributed by atoms with Crippen LogP contribution in [-0.4, -0.2) is 75.5 Å². The molecule has 8 nitrogen and oxygen atoms in total. The molecule has 316 valence electrons. The lowest BCUT2D eigenvalue weighted by Crippen LogP contribution is -2.55. The molecule has 8 heteroatoms. The molecule has 2 atom stereocenters. The van der Waals surface area contributed by atoms with Gasteiger partial charge in [0.15, 0.2) is 6.10 Å². The van der Waals surface area contributed by atoms with Crippen LogP contribution < -0.4 is 5.11 Å². The van der Waals surface area contributed by atoms with Gasteiger partial charge in [0.25, 0.3) is 0 Å². The highest BCUT2D eigenvalue weighted by atomic mass is 16.6. The van der Waals surface area contributed by atoms with Gasteiger partial charge in [-0.3, -0.25) is 9.59 Å². The highest BCUT2D eigenvalue weighted by Crippen LogP contribution is 2.13. The Bertz CT molecular complexity index is 1090. The van der Waals surface area contributed by atoms with Crippen LogP contribution >= 0.6 is 0 Å². The van der Waals surface area contributed by atoms with Crippen LogP contribution in [0.25, 0.3) is 0 Å². The van der Waals surface area contributed by atoms with Gasteiger partial charge in [-0.1, -0.05) is 152 Å². The van der Waals surface area contributed by atoms with E-state index in [-0.39, 0.29) is 42.7 Å². The largest absolute Gasteiger partial charge is 0.544 e. The minimum Gasteiger partial charge on any atom is -0.544 e. The first kappa shape index (κ1) is 52.0. The fourth-order valence-corrected chi connectivity index (χ4v) is 6.04. The molecule has 0 aliphatic rings. The van der Waals surface area contributed by atoms with E-state index >= 15 is 0 Å². The number of aliphatic carboxylic acids is 1. The number of quaternary nitrogens is 1. The van der Waals surface area contributed by atoms with Crippen molar-refractivity contribution in [2.75, 3.05) is 41.0 Å². The van der Waals surface area contributed by atoms with E-state index in [1.54, 1.807) is 21.1 Å². The number of unbranched alkanes of at least 4 members (excludes halogenated alkanes) is 14. The van der Waals surface area contributed by atoms with E-state index in [0.717, 1.165) is 83.5 Å². The van der Waals surface area contributed by atoms with Crippen molar-refractivity contribution in [3.63, 3.8) is 0 Å². The highest BCUT2D eigenvalue weighted by molar-refractivity contribution is 5.70. The molecular weight excluding hydrogens is 691 g/mol. The minimum atomic E-state index is -1.13. The fraction of sp³-hybridized carbons (Fsp3) is 0.723. The first-order chi connectivity index (χ1) is 26.6. The summed E-state index contributed by atoms with van der Waals surface area (Å²) in [4.78, 5) is 36.7. The lowest BCUT2D eigenvalue weighted by atomic mass is 10.1. The number of likely N-dealkylation sites (N-methyl/N-ethyl adjacent to an activating group) is 1. The molecule has 0 fully saturated rings. The Kier molecular flexibility index (Phi) is 35.9. The maximum absolute atomic E-state index is 12.6. The van der Waals surface area contributed by atoms with Crippen molar-refractivity contribution in [1.82, 2.24) is 0 Å². The van der Waals surface area contributed by atoms with Crippen LogP contribution in [0.15, 0.2) is 60.8 Å². The second-order valence-electron chi connectivity index (χ2n) is 15.6. The lowest BCUT2D eigenvalue weighted by molar-refractivity contribution is -0.889. The summed E-state index contributed by atoms with van der Waals surface area (Å²) < 4.78 is 17.1. The average molecular weight is 772 g/mol. The molecule has 0 bridgehead atoms. The Balaban J connectivity index is 4.27. The zero-order valence-corrected chi connectivity index (χ0v) is 35.8. The minimum absolute atomic E-state index is 0.0350. The average Bonchev–Trinajstić information content (AvgIpc) is 3.14. The number of hydrogen-bond donors (Lipinski definition) is 0. The molecule has 0 aliphatic heterocycles. The van der Waals surface area contributed by atoms with Gasteiger partial charge in [0.05, 0.1) is 40.3 Å². The van der Waals surface area contributed by atoms with Crippen LogP contribution in [0.4, 0.5) is 0 Å². The molecule has 0 spiro atoms. The number of nitrogens with zero attached hydrogens (tertiary/aromatic N) is 1. The molecule has 0 aromatic rings. The Hall–Kier alpha value is -2.97. The number of rotatable bonds is 38. The third-order valence-electron chi connectivity index (χ3n) is 9.42. The first-order valence-electron chi connectivity index (χ1n) is 21.8. The van der Waals surface area contributed by atoms with Crippen LogP contribution in [0, 0.1) is 0 Å². The van der Waals surface area contributed by atoms with Crippen LogP contribution in [-0.2, 0) is 28.6 Å². The van der Waals surface area contributed by atoms with Crippen molar-refractivity contribution in [2.24, 2.45) is 0 Å². The van der Waals surface area contributed by atoms with Crippen molar-refractivity contribution >= 4 is 17.9 Å². The number of carboxylic acids is 1. The number of allylic oxidation sites excluding steroid dienone is 10. The number of esters is 2. The van der Waals surface area contributed by atoms with Gasteiger partial charge < -0.3 is 28.6 Å². The van der Waals surface area contributed by atoms with Gasteiger partial charge in [-0.15, -0.1) is 0 Å². The van der Waals surface area contributed by atoms with Gasteiger partial charge in [-0.05, 0) is 57.8 Å². The van der Waals surface area contributed by atoms with Gasteiger partial charge >= 0.3 is 11.9 Å². The number of hydrogen-bond acceptors (Lipinski definition) is 7. The summed E-state index contributed by atoms with van der Waals surface area (Å²) in [6, 6.07) is -0.727. The summed E-state index contributed by atoms with van der Waals surface area (Å²) in [5.74, 6) is -1.76. The van der Waals surface area contributed by atoms with Crippen molar-refractivity contribution in [3.05, 3.63) is 60.8 Å². The molecule has 0 heterocycles. The fourth-order valence-electron chi connectivity index (χ4n) is 6.04. The van der Waals surface area contributed by atoms with Crippen LogP contribution in [0.1, 0.15) is 168 Å². The lowest BCUT2D eigenvalue weighted by Gasteiger charge is -2.34. The number of carbonyl (C=O) groups is 3. The Labute approximate surface area is 337 Å². The van der Waals surface area contributed by atoms with E-state index in [4.69, 9.17) is 14.2 Å². The molecule has 0 radical (unpaired) electrons. The standard InChI is InChI=1S/C47H81NO7/c1-6-8-10-12-14-16-17-18-19-20-21-22-23-24-25-26-27-28-30-31-33-35-37-45(49)54-42-43(41-53-40-39-44(47(51)52)48(3,4)5)55-46(50)38-36-34-32-29-15-13-11-9-7-2/h8,10,14,16,18-19,21-22,24-25,43-44H,6-7,9,11-13,15,17,20,23,26-42H2,1-5H3/b10-8+,16-14+,19-18+,22-21+,25-24+. The molecule has 0 N–H and O–H groups in total. The molecule has 2 unspecified atom stereocenters. The highest BCUT2D eigenvalue weighted by Gasteiger charge is 2.25. The van der Waals surface area contributed by atoms with Gasteiger partial charge in [0, 0.05) is 19.3 Å². The summed E-state index contributed by atoms with van der Waals surface area (Å²) in [7, 11) is 5.39. The molecule has 0 saturated heterocycles. The van der Waals surface area contributed by atoms with Crippen molar-refractivity contribution < 1.29 is 38.2 Å². The molecule has 0 aromatic heterocycles. The SMILES string of the molecule is CC/C=C/C/C=C/C/C=C/C/C=C/C/C=C/CCCCCCCCC(=O)OCC(COCCC(C(=O)[O-])[N+](C)(C)C)OC(=O)CCCCCCCCCCC. The second kappa shape index (κ2) is 37.9. The van der Waals surface area contributed by atoms with E-state index in [9.17, 15) is 19.5 Å². The molecule has 0 rings (SSSR count). The summed E-state index contributed by atoms with van der Waals surface area (Å²) in [6.45, 7) is 4.50. The van der Waals surface area contributed by atoms with E-state index in [0.29, 0.717) is 12.8 Å². The van der Waals surface area contributed by atoms with Gasteiger partial charge in [0.2, 0.25) is 0 Å². The molecule has 0 aromatic carbocycles. The van der Waals surface area contributed by atoms with Crippen LogP contribution in [0.3, 0.4) is 0 Å². The van der Waals surface area contributed by atoms with Gasteiger partial charge in [-0.2, -0.15) is 0 Å². The topological polar surface area (TPSA) is 102 Å². The molecule has 0 aliphatic carbocycles. The first-order valence-corrected chi connectivity index (χ1v) is 21.8. The molecule has 0 saturated carbocycles. The quantitative estimate of drug-likeness (QED) is 0.0266. The van der Waals surface area contributed by atoms with E-state index in [1.165, 1.54) is 51.4 Å². The van der Waals surface area contributed by atoms with Crippen molar-refractivity contribution in [3.8, 4) is 0 Å². The normalized spacial score (nSPS) is 13.5. The van der Waals surface area contributed by atoms with Gasteiger partial charge in [0.1, 0.15) is 12.6 Å².